The average molecular weight is 288 g/mol. The van der Waals surface area contributed by atoms with Crippen LogP contribution in [0, 0.1) is 5.82 Å². The van der Waals surface area contributed by atoms with Crippen molar-refractivity contribution in [2.75, 3.05) is 26.9 Å². The van der Waals surface area contributed by atoms with Crippen LogP contribution in [-0.2, 0) is 9.47 Å². The minimum atomic E-state index is -0.642. The van der Waals surface area contributed by atoms with E-state index in [1.54, 1.807) is 7.11 Å². The summed E-state index contributed by atoms with van der Waals surface area (Å²) in [5.41, 5.74) is -0.760. The lowest BCUT2D eigenvalue weighted by molar-refractivity contribution is 0.0690. The molecule has 0 aliphatic carbocycles. The molecular formula is C13H15ClFNO3. The van der Waals surface area contributed by atoms with Gasteiger partial charge in [-0.2, -0.15) is 0 Å². The molecule has 0 radical (unpaired) electrons. The fraction of sp³-hybridized carbons (Fsp3) is 0.462. The summed E-state index contributed by atoms with van der Waals surface area (Å²) in [7, 11) is 1.54. The number of ether oxygens (including phenoxy) is 2. The van der Waals surface area contributed by atoms with Crippen LogP contribution in [0.4, 0.5) is 4.39 Å². The van der Waals surface area contributed by atoms with Crippen LogP contribution < -0.4 is 5.32 Å². The van der Waals surface area contributed by atoms with Crippen molar-refractivity contribution in [2.45, 2.75) is 12.0 Å². The van der Waals surface area contributed by atoms with Crippen molar-refractivity contribution in [3.8, 4) is 0 Å². The van der Waals surface area contributed by atoms with Crippen LogP contribution >= 0.6 is 11.6 Å². The molecule has 19 heavy (non-hydrogen) atoms. The van der Waals surface area contributed by atoms with Crippen molar-refractivity contribution in [3.63, 3.8) is 0 Å². The van der Waals surface area contributed by atoms with E-state index < -0.39 is 17.3 Å². The summed E-state index contributed by atoms with van der Waals surface area (Å²) in [6.45, 7) is 1.19. The van der Waals surface area contributed by atoms with E-state index >= 15 is 0 Å². The van der Waals surface area contributed by atoms with E-state index in [-0.39, 0.29) is 10.6 Å². The molecule has 2 rings (SSSR count). The highest BCUT2D eigenvalue weighted by Gasteiger charge is 2.37. The Morgan fingerprint density at radius 1 is 1.63 bits per heavy atom. The molecule has 1 aromatic carbocycles. The van der Waals surface area contributed by atoms with E-state index in [1.807, 2.05) is 0 Å². The van der Waals surface area contributed by atoms with Crippen LogP contribution in [0.3, 0.4) is 0 Å². The normalized spacial score (nSPS) is 22.5. The smallest absolute Gasteiger partial charge is 0.256 e. The van der Waals surface area contributed by atoms with Crippen LogP contribution in [0.1, 0.15) is 16.8 Å². The molecule has 1 fully saturated rings. The first-order valence-electron chi connectivity index (χ1n) is 5.91. The number of hydrogen-bond acceptors (Lipinski definition) is 3. The van der Waals surface area contributed by atoms with E-state index in [2.05, 4.69) is 5.32 Å². The summed E-state index contributed by atoms with van der Waals surface area (Å²) in [6, 6.07) is 4.14. The van der Waals surface area contributed by atoms with Crippen molar-refractivity contribution in [2.24, 2.45) is 0 Å². The molecule has 1 atom stereocenters. The quantitative estimate of drug-likeness (QED) is 0.921. The van der Waals surface area contributed by atoms with Gasteiger partial charge in [0.25, 0.3) is 5.91 Å². The van der Waals surface area contributed by atoms with Gasteiger partial charge in [0.15, 0.2) is 0 Å². The van der Waals surface area contributed by atoms with Crippen molar-refractivity contribution in [1.82, 2.24) is 5.32 Å². The minimum Gasteiger partial charge on any atom is -0.382 e. The van der Waals surface area contributed by atoms with Gasteiger partial charge in [-0.3, -0.25) is 4.79 Å². The molecule has 104 valence electrons. The van der Waals surface area contributed by atoms with Crippen molar-refractivity contribution < 1.29 is 18.7 Å². The molecular weight excluding hydrogens is 273 g/mol. The summed E-state index contributed by atoms with van der Waals surface area (Å²) in [5.74, 6) is -1.19. The van der Waals surface area contributed by atoms with Gasteiger partial charge >= 0.3 is 0 Å². The van der Waals surface area contributed by atoms with Crippen molar-refractivity contribution >= 4 is 17.5 Å². The molecule has 0 spiro atoms. The Bertz CT molecular complexity index is 455. The van der Waals surface area contributed by atoms with Gasteiger partial charge in [-0.25, -0.2) is 4.39 Å². The van der Waals surface area contributed by atoms with Gasteiger partial charge in [-0.05, 0) is 18.6 Å². The zero-order valence-corrected chi connectivity index (χ0v) is 11.3. The zero-order valence-electron chi connectivity index (χ0n) is 10.5. The molecule has 1 aliphatic rings. The fourth-order valence-corrected chi connectivity index (χ4v) is 2.40. The third-order valence-electron chi connectivity index (χ3n) is 3.09. The van der Waals surface area contributed by atoms with E-state index in [1.165, 1.54) is 18.2 Å². The Labute approximate surface area is 115 Å². The van der Waals surface area contributed by atoms with Gasteiger partial charge in [0.2, 0.25) is 0 Å². The van der Waals surface area contributed by atoms with Crippen LogP contribution in [0.15, 0.2) is 18.2 Å². The van der Waals surface area contributed by atoms with Gasteiger partial charge < -0.3 is 14.8 Å². The molecule has 1 aliphatic heterocycles. The SMILES string of the molecule is COCC1(NC(=O)c2c(F)cccc2Cl)CCOC1. The third-order valence-corrected chi connectivity index (χ3v) is 3.41. The molecule has 0 aromatic heterocycles. The monoisotopic (exact) mass is 287 g/mol. The number of rotatable bonds is 4. The molecule has 0 bridgehead atoms. The lowest BCUT2D eigenvalue weighted by atomic mass is 9.99. The van der Waals surface area contributed by atoms with Gasteiger partial charge in [-0.1, -0.05) is 17.7 Å². The summed E-state index contributed by atoms with van der Waals surface area (Å²) in [4.78, 5) is 12.2. The number of methoxy groups -OCH3 is 1. The van der Waals surface area contributed by atoms with Crippen LogP contribution in [0.25, 0.3) is 0 Å². The first-order valence-corrected chi connectivity index (χ1v) is 6.29. The first-order chi connectivity index (χ1) is 9.08. The summed E-state index contributed by atoms with van der Waals surface area (Å²) in [6.07, 6.45) is 0.624. The number of carbonyl (C=O) groups is 1. The number of amides is 1. The highest BCUT2D eigenvalue weighted by molar-refractivity contribution is 6.33. The first kappa shape index (κ1) is 14.2. The molecule has 0 saturated carbocycles. The highest BCUT2D eigenvalue weighted by atomic mass is 35.5. The summed E-state index contributed by atoms with van der Waals surface area (Å²) < 4.78 is 24.1. The zero-order chi connectivity index (χ0) is 13.9. The number of benzene rings is 1. The third kappa shape index (κ3) is 3.05. The second-order valence-corrected chi connectivity index (χ2v) is 4.97. The number of hydrogen-bond donors (Lipinski definition) is 1. The Morgan fingerprint density at radius 3 is 3.00 bits per heavy atom. The largest absolute Gasteiger partial charge is 0.382 e. The van der Waals surface area contributed by atoms with Gasteiger partial charge in [0.1, 0.15) is 5.82 Å². The van der Waals surface area contributed by atoms with E-state index in [4.69, 9.17) is 21.1 Å². The molecule has 1 aromatic rings. The topological polar surface area (TPSA) is 47.6 Å². The minimum absolute atomic E-state index is 0.0870. The maximum absolute atomic E-state index is 13.7. The Hall–Kier alpha value is -1.17. The molecule has 6 heteroatoms. The lowest BCUT2D eigenvalue weighted by Crippen LogP contribution is -2.52. The van der Waals surface area contributed by atoms with Crippen LogP contribution in [-0.4, -0.2) is 38.4 Å². The molecule has 1 heterocycles. The van der Waals surface area contributed by atoms with Gasteiger partial charge in [0, 0.05) is 13.7 Å². The van der Waals surface area contributed by atoms with Crippen LogP contribution in [0.2, 0.25) is 5.02 Å². The predicted molar refractivity (Wildman–Crippen MR) is 68.9 cm³/mol. The average Bonchev–Trinajstić information content (AvgIpc) is 2.77. The molecule has 1 saturated heterocycles. The highest BCUT2D eigenvalue weighted by Crippen LogP contribution is 2.23. The predicted octanol–water partition coefficient (Wildman–Crippen LogP) is 2.01. The standard InChI is InChI=1S/C13H15ClFNO3/c1-18-7-13(5-6-19-8-13)16-12(17)11-9(14)3-2-4-10(11)15/h2-4H,5-8H2,1H3,(H,16,17). The summed E-state index contributed by atoms with van der Waals surface area (Å²) >= 11 is 5.87. The maximum Gasteiger partial charge on any atom is 0.256 e. The maximum atomic E-state index is 13.7. The fourth-order valence-electron chi connectivity index (χ4n) is 2.15. The molecule has 1 amide bonds. The van der Waals surface area contributed by atoms with E-state index in [0.717, 1.165) is 0 Å². The Kier molecular flexibility index (Phi) is 4.39. The Morgan fingerprint density at radius 2 is 2.42 bits per heavy atom. The summed E-state index contributed by atoms with van der Waals surface area (Å²) in [5, 5.41) is 2.86. The molecule has 4 nitrogen and oxygen atoms in total. The van der Waals surface area contributed by atoms with Crippen LogP contribution in [0.5, 0.6) is 0 Å². The second-order valence-electron chi connectivity index (χ2n) is 4.57. The Balaban J connectivity index is 2.20. The molecule has 1 unspecified atom stereocenters. The number of nitrogens with one attached hydrogen (secondary N) is 1. The number of carbonyl (C=O) groups excluding carboxylic acids is 1. The van der Waals surface area contributed by atoms with Crippen molar-refractivity contribution in [1.29, 1.82) is 0 Å². The van der Waals surface area contributed by atoms with Crippen molar-refractivity contribution in [3.05, 3.63) is 34.6 Å². The van der Waals surface area contributed by atoms with Gasteiger partial charge in [-0.15, -0.1) is 0 Å². The second kappa shape index (κ2) is 5.86. The number of halogens is 2. The van der Waals surface area contributed by atoms with E-state index in [0.29, 0.717) is 26.2 Å². The van der Waals surface area contributed by atoms with Gasteiger partial charge in [0.05, 0.1) is 29.3 Å². The molecule has 1 N–H and O–H groups in total. The lowest BCUT2D eigenvalue weighted by Gasteiger charge is -2.28. The van der Waals surface area contributed by atoms with E-state index in [9.17, 15) is 9.18 Å².